The molecule has 1 atom stereocenters. The highest BCUT2D eigenvalue weighted by Gasteiger charge is 2.06. The second-order valence-electron chi connectivity index (χ2n) is 2.82. The zero-order chi connectivity index (χ0) is 9.84. The third kappa shape index (κ3) is 4.28. The van der Waals surface area contributed by atoms with Crippen LogP contribution in [-0.2, 0) is 0 Å². The molecule has 0 aromatic heterocycles. The van der Waals surface area contributed by atoms with Crippen LogP contribution in [0.5, 0.6) is 0 Å². The molecular formula is C9H12Br2ClNO. The van der Waals surface area contributed by atoms with Crippen LogP contribution in [0.1, 0.15) is 18.0 Å². The molecule has 0 bridgehead atoms. The lowest BCUT2D eigenvalue weighted by Gasteiger charge is -2.11. The summed E-state index contributed by atoms with van der Waals surface area (Å²) in [5, 5.41) is 8.73. The number of rotatable bonds is 3. The van der Waals surface area contributed by atoms with Crippen LogP contribution in [0.15, 0.2) is 27.1 Å². The first-order chi connectivity index (χ1) is 6.13. The Hall–Kier alpha value is 0.390. The van der Waals surface area contributed by atoms with Crippen LogP contribution < -0.4 is 5.73 Å². The lowest BCUT2D eigenvalue weighted by molar-refractivity contribution is 0.276. The van der Waals surface area contributed by atoms with Gasteiger partial charge in [0.05, 0.1) is 0 Å². The lowest BCUT2D eigenvalue weighted by Crippen LogP contribution is -2.11. The van der Waals surface area contributed by atoms with Gasteiger partial charge >= 0.3 is 0 Å². The smallest absolute Gasteiger partial charge is 0.0449 e. The fraction of sp³-hybridized carbons (Fsp3) is 0.333. The summed E-state index contributed by atoms with van der Waals surface area (Å²) in [6.07, 6.45) is 0.586. The Kier molecular flexibility index (Phi) is 6.99. The molecule has 0 saturated carbocycles. The van der Waals surface area contributed by atoms with Gasteiger partial charge < -0.3 is 10.8 Å². The zero-order valence-electron chi connectivity index (χ0n) is 7.41. The van der Waals surface area contributed by atoms with Crippen molar-refractivity contribution in [2.24, 2.45) is 5.73 Å². The molecule has 0 spiro atoms. The first-order valence-corrected chi connectivity index (χ1v) is 5.54. The zero-order valence-corrected chi connectivity index (χ0v) is 11.4. The van der Waals surface area contributed by atoms with Gasteiger partial charge in [0, 0.05) is 21.6 Å². The molecule has 2 nitrogen and oxygen atoms in total. The minimum Gasteiger partial charge on any atom is -0.396 e. The minimum absolute atomic E-state index is 0. The van der Waals surface area contributed by atoms with Gasteiger partial charge in [-0.3, -0.25) is 0 Å². The number of hydrogen-bond donors (Lipinski definition) is 2. The Morgan fingerprint density at radius 2 is 1.71 bits per heavy atom. The topological polar surface area (TPSA) is 46.2 Å². The van der Waals surface area contributed by atoms with Crippen LogP contribution >= 0.6 is 44.3 Å². The molecule has 0 aliphatic carbocycles. The summed E-state index contributed by atoms with van der Waals surface area (Å²) in [5.41, 5.74) is 6.87. The van der Waals surface area contributed by atoms with Crippen molar-refractivity contribution in [3.63, 3.8) is 0 Å². The normalized spacial score (nSPS) is 12.0. The van der Waals surface area contributed by atoms with E-state index in [4.69, 9.17) is 10.8 Å². The molecular weight excluding hydrogens is 333 g/mol. The second kappa shape index (κ2) is 6.80. The second-order valence-corrected chi connectivity index (χ2v) is 4.65. The van der Waals surface area contributed by atoms with Gasteiger partial charge in [-0.1, -0.05) is 31.9 Å². The summed E-state index contributed by atoms with van der Waals surface area (Å²) < 4.78 is 1.98. The van der Waals surface area contributed by atoms with E-state index >= 15 is 0 Å². The Bertz CT molecular complexity index is 276. The van der Waals surface area contributed by atoms with Crippen LogP contribution in [-0.4, -0.2) is 11.7 Å². The van der Waals surface area contributed by atoms with E-state index in [0.717, 1.165) is 14.5 Å². The van der Waals surface area contributed by atoms with E-state index in [9.17, 15) is 0 Å². The molecule has 1 unspecified atom stereocenters. The average Bonchev–Trinajstić information content (AvgIpc) is 2.03. The van der Waals surface area contributed by atoms with Crippen LogP contribution in [0.25, 0.3) is 0 Å². The standard InChI is InChI=1S/C9H11Br2NO.ClH/c10-7-3-6(4-8(11)5-7)9(12)1-2-13;/h3-5,9,13H,1-2,12H2;1H. The molecule has 1 aromatic rings. The summed E-state index contributed by atoms with van der Waals surface area (Å²) in [5.74, 6) is 0. The van der Waals surface area contributed by atoms with Crippen molar-refractivity contribution in [2.45, 2.75) is 12.5 Å². The molecule has 0 saturated heterocycles. The van der Waals surface area contributed by atoms with Crippen molar-refractivity contribution >= 4 is 44.3 Å². The first-order valence-electron chi connectivity index (χ1n) is 3.96. The lowest BCUT2D eigenvalue weighted by atomic mass is 10.1. The van der Waals surface area contributed by atoms with Crippen LogP contribution in [0.3, 0.4) is 0 Å². The van der Waals surface area contributed by atoms with Gasteiger partial charge in [-0.2, -0.15) is 0 Å². The molecule has 1 aromatic carbocycles. The first kappa shape index (κ1) is 14.4. The molecule has 0 aliphatic heterocycles. The summed E-state index contributed by atoms with van der Waals surface area (Å²) in [4.78, 5) is 0. The molecule has 1 rings (SSSR count). The van der Waals surface area contributed by atoms with E-state index in [1.165, 1.54) is 0 Å². The monoisotopic (exact) mass is 343 g/mol. The highest BCUT2D eigenvalue weighted by Crippen LogP contribution is 2.24. The highest BCUT2D eigenvalue weighted by atomic mass is 79.9. The molecule has 0 radical (unpaired) electrons. The van der Waals surface area contributed by atoms with E-state index in [-0.39, 0.29) is 25.1 Å². The van der Waals surface area contributed by atoms with Crippen molar-refractivity contribution in [2.75, 3.05) is 6.61 Å². The van der Waals surface area contributed by atoms with Crippen LogP contribution in [0.2, 0.25) is 0 Å². The van der Waals surface area contributed by atoms with Crippen molar-refractivity contribution in [1.29, 1.82) is 0 Å². The SMILES string of the molecule is Cl.NC(CCO)c1cc(Br)cc(Br)c1. The molecule has 0 aliphatic rings. The number of nitrogens with two attached hydrogens (primary N) is 1. The molecule has 0 amide bonds. The molecule has 0 fully saturated rings. The van der Waals surface area contributed by atoms with Gasteiger partial charge in [-0.15, -0.1) is 12.4 Å². The van der Waals surface area contributed by atoms with Gasteiger partial charge in [-0.25, -0.2) is 0 Å². The number of benzene rings is 1. The van der Waals surface area contributed by atoms with E-state index in [0.29, 0.717) is 6.42 Å². The highest BCUT2D eigenvalue weighted by molar-refractivity contribution is 9.11. The molecule has 80 valence electrons. The number of aliphatic hydroxyl groups excluding tert-OH is 1. The predicted molar refractivity (Wildman–Crippen MR) is 67.7 cm³/mol. The van der Waals surface area contributed by atoms with Crippen molar-refractivity contribution < 1.29 is 5.11 Å². The summed E-state index contributed by atoms with van der Waals surface area (Å²) in [6, 6.07) is 5.78. The number of aliphatic hydroxyl groups is 1. The fourth-order valence-electron chi connectivity index (χ4n) is 1.09. The molecule has 14 heavy (non-hydrogen) atoms. The summed E-state index contributed by atoms with van der Waals surface area (Å²) in [7, 11) is 0. The largest absolute Gasteiger partial charge is 0.396 e. The van der Waals surface area contributed by atoms with Gasteiger partial charge in [0.1, 0.15) is 0 Å². The summed E-state index contributed by atoms with van der Waals surface area (Å²) in [6.45, 7) is 0.116. The van der Waals surface area contributed by atoms with Crippen molar-refractivity contribution in [3.8, 4) is 0 Å². The Balaban J connectivity index is 0.00000169. The van der Waals surface area contributed by atoms with E-state index in [1.54, 1.807) is 0 Å². The Labute approximate surface area is 107 Å². The maximum absolute atomic E-state index is 8.73. The number of hydrogen-bond acceptors (Lipinski definition) is 2. The van der Waals surface area contributed by atoms with Crippen molar-refractivity contribution in [3.05, 3.63) is 32.7 Å². The molecule has 0 heterocycles. The Morgan fingerprint density at radius 1 is 1.21 bits per heavy atom. The molecule has 3 N–H and O–H groups in total. The maximum Gasteiger partial charge on any atom is 0.0449 e. The third-order valence-electron chi connectivity index (χ3n) is 1.75. The fourth-order valence-corrected chi connectivity index (χ4v) is 2.42. The van der Waals surface area contributed by atoms with E-state index in [1.807, 2.05) is 18.2 Å². The van der Waals surface area contributed by atoms with E-state index in [2.05, 4.69) is 31.9 Å². The van der Waals surface area contributed by atoms with Gasteiger partial charge in [0.25, 0.3) is 0 Å². The van der Waals surface area contributed by atoms with Gasteiger partial charge in [0.2, 0.25) is 0 Å². The predicted octanol–water partition coefficient (Wildman–Crippen LogP) is 3.02. The quantitative estimate of drug-likeness (QED) is 0.885. The number of halogens is 3. The minimum atomic E-state index is -0.0983. The third-order valence-corrected chi connectivity index (χ3v) is 2.67. The van der Waals surface area contributed by atoms with Crippen LogP contribution in [0, 0.1) is 0 Å². The van der Waals surface area contributed by atoms with E-state index < -0.39 is 0 Å². The van der Waals surface area contributed by atoms with Crippen LogP contribution in [0.4, 0.5) is 0 Å². The van der Waals surface area contributed by atoms with Gasteiger partial charge in [-0.05, 0) is 30.2 Å². The van der Waals surface area contributed by atoms with Gasteiger partial charge in [0.15, 0.2) is 0 Å². The van der Waals surface area contributed by atoms with Crippen molar-refractivity contribution in [1.82, 2.24) is 0 Å². The maximum atomic E-state index is 8.73. The molecule has 5 heteroatoms. The Morgan fingerprint density at radius 3 is 2.14 bits per heavy atom. The summed E-state index contributed by atoms with van der Waals surface area (Å²) >= 11 is 6.77. The average molecular weight is 345 g/mol.